The zero-order valence-electron chi connectivity index (χ0n) is 22.2. The minimum Gasteiger partial charge on any atom is -0.490 e. The van der Waals surface area contributed by atoms with E-state index in [0.717, 1.165) is 40.6 Å². The van der Waals surface area contributed by atoms with Crippen molar-refractivity contribution in [3.8, 4) is 17.0 Å². The summed E-state index contributed by atoms with van der Waals surface area (Å²) in [6.07, 6.45) is -3.65. The number of carbonyl (C=O) groups is 1. The largest absolute Gasteiger partial charge is 0.490 e. The summed E-state index contributed by atoms with van der Waals surface area (Å²) in [5.41, 5.74) is 4.16. The number of aromatic amines is 1. The Hall–Kier alpha value is -3.41. The monoisotopic (exact) mass is 584 g/mol. The first kappa shape index (κ1) is 27.7. The molecule has 1 amide bonds. The number of hydrogen-bond donors (Lipinski definition) is 3. The van der Waals surface area contributed by atoms with E-state index in [-0.39, 0.29) is 18.1 Å². The SMILES string of the molecule is O=C(N[C@@H](c1ccsc1)C1CC1)c1ccc2[nH]nc(-c3ccc(OC4CCN(C[C@@H](O)C(F)(F)F)CC4)cc3)c2c1. The average Bonchev–Trinajstić information content (AvgIpc) is 3.48. The second-order valence-electron chi connectivity index (χ2n) is 10.9. The van der Waals surface area contributed by atoms with Gasteiger partial charge in [0, 0.05) is 36.1 Å². The average molecular weight is 585 g/mol. The predicted octanol–water partition coefficient (Wildman–Crippen LogP) is 5.94. The Morgan fingerprint density at radius 1 is 1.12 bits per heavy atom. The molecule has 2 aliphatic rings. The highest BCUT2D eigenvalue weighted by Crippen LogP contribution is 2.41. The molecule has 2 fully saturated rings. The third-order valence-corrected chi connectivity index (χ3v) is 8.58. The van der Waals surface area contributed by atoms with Crippen molar-refractivity contribution in [2.45, 2.75) is 50.1 Å². The van der Waals surface area contributed by atoms with Crippen molar-refractivity contribution < 1.29 is 27.8 Å². The van der Waals surface area contributed by atoms with Gasteiger partial charge in [0.2, 0.25) is 0 Å². The van der Waals surface area contributed by atoms with E-state index < -0.39 is 18.8 Å². The molecule has 216 valence electrons. The van der Waals surface area contributed by atoms with Crippen LogP contribution >= 0.6 is 11.3 Å². The van der Waals surface area contributed by atoms with Crippen molar-refractivity contribution >= 4 is 28.1 Å². The van der Waals surface area contributed by atoms with Gasteiger partial charge in [-0.2, -0.15) is 29.6 Å². The van der Waals surface area contributed by atoms with E-state index in [4.69, 9.17) is 4.74 Å². The van der Waals surface area contributed by atoms with Crippen LogP contribution in [0.2, 0.25) is 0 Å². The Balaban J connectivity index is 1.10. The lowest BCUT2D eigenvalue weighted by atomic mass is 10.0. The third-order valence-electron chi connectivity index (χ3n) is 7.88. The lowest BCUT2D eigenvalue weighted by molar-refractivity contribution is -0.208. The molecule has 3 N–H and O–H groups in total. The number of H-pyrrole nitrogens is 1. The molecule has 0 unspecified atom stereocenters. The second kappa shape index (κ2) is 11.5. The summed E-state index contributed by atoms with van der Waals surface area (Å²) in [5, 5.41) is 25.1. The Kier molecular flexibility index (Phi) is 7.76. The van der Waals surface area contributed by atoms with E-state index in [1.807, 2.05) is 47.8 Å². The molecule has 7 nitrogen and oxygen atoms in total. The number of rotatable bonds is 9. The lowest BCUT2D eigenvalue weighted by Crippen LogP contribution is -2.45. The minimum absolute atomic E-state index is 0.0273. The molecule has 41 heavy (non-hydrogen) atoms. The molecule has 0 radical (unpaired) electrons. The third kappa shape index (κ3) is 6.42. The number of ether oxygens (including phenoxy) is 1. The molecule has 11 heteroatoms. The Labute approximate surface area is 239 Å². The maximum absolute atomic E-state index is 13.2. The van der Waals surface area contributed by atoms with Crippen LogP contribution in [0, 0.1) is 5.92 Å². The number of hydrogen-bond acceptors (Lipinski definition) is 6. The molecular weight excluding hydrogens is 553 g/mol. The van der Waals surface area contributed by atoms with Crippen LogP contribution in [0.5, 0.6) is 5.75 Å². The van der Waals surface area contributed by atoms with Crippen LogP contribution in [0.1, 0.15) is 47.6 Å². The molecule has 3 heterocycles. The molecule has 6 rings (SSSR count). The molecule has 1 saturated carbocycles. The maximum atomic E-state index is 13.2. The molecule has 1 saturated heterocycles. The van der Waals surface area contributed by atoms with Gasteiger partial charge in [-0.05, 0) is 96.5 Å². The maximum Gasteiger partial charge on any atom is 0.415 e. The molecular formula is C30H31F3N4O3S. The van der Waals surface area contributed by atoms with Gasteiger partial charge in [0.25, 0.3) is 5.91 Å². The Bertz CT molecular complexity index is 1480. The molecule has 1 aliphatic carbocycles. The number of β-amino-alcohol motifs (C(OH)–C–C–N with tert-alkyl or cyclic N) is 1. The first-order valence-corrected chi connectivity index (χ1v) is 14.7. The van der Waals surface area contributed by atoms with Crippen molar-refractivity contribution in [3.63, 3.8) is 0 Å². The molecule has 0 spiro atoms. The van der Waals surface area contributed by atoms with Gasteiger partial charge in [-0.1, -0.05) is 0 Å². The van der Waals surface area contributed by atoms with Crippen LogP contribution in [-0.4, -0.2) is 64.1 Å². The van der Waals surface area contributed by atoms with Crippen LogP contribution in [0.3, 0.4) is 0 Å². The number of carbonyl (C=O) groups excluding carboxylic acids is 1. The van der Waals surface area contributed by atoms with Gasteiger partial charge in [0.15, 0.2) is 6.10 Å². The molecule has 2 atom stereocenters. The van der Waals surface area contributed by atoms with Crippen LogP contribution in [0.25, 0.3) is 22.2 Å². The normalized spacial score (nSPS) is 18.3. The minimum atomic E-state index is -4.61. The van der Waals surface area contributed by atoms with Gasteiger partial charge >= 0.3 is 6.18 Å². The molecule has 4 aromatic rings. The van der Waals surface area contributed by atoms with E-state index in [1.54, 1.807) is 16.2 Å². The number of nitrogens with one attached hydrogen (secondary N) is 2. The fourth-order valence-corrected chi connectivity index (χ4v) is 6.09. The van der Waals surface area contributed by atoms with Gasteiger partial charge in [0.05, 0.1) is 17.3 Å². The number of thiophene rings is 1. The highest BCUT2D eigenvalue weighted by molar-refractivity contribution is 7.08. The summed E-state index contributed by atoms with van der Waals surface area (Å²) in [6.45, 7) is 0.445. The zero-order chi connectivity index (χ0) is 28.6. The van der Waals surface area contributed by atoms with Crippen molar-refractivity contribution in [3.05, 3.63) is 70.4 Å². The first-order chi connectivity index (χ1) is 19.7. The number of fused-ring (bicyclic) bond motifs is 1. The summed E-state index contributed by atoms with van der Waals surface area (Å²) < 4.78 is 44.0. The molecule has 2 aromatic carbocycles. The summed E-state index contributed by atoms with van der Waals surface area (Å²) in [5.74, 6) is 1.05. The van der Waals surface area contributed by atoms with Gasteiger partial charge in [-0.3, -0.25) is 9.89 Å². The number of likely N-dealkylation sites (tertiary alicyclic amines) is 1. The van der Waals surface area contributed by atoms with Crippen LogP contribution in [0.15, 0.2) is 59.3 Å². The molecule has 1 aliphatic heterocycles. The number of piperidine rings is 1. The fourth-order valence-electron chi connectivity index (χ4n) is 5.40. The van der Waals surface area contributed by atoms with Gasteiger partial charge in [0.1, 0.15) is 11.9 Å². The highest BCUT2D eigenvalue weighted by Gasteiger charge is 2.39. The zero-order valence-corrected chi connectivity index (χ0v) is 23.0. The van der Waals surface area contributed by atoms with E-state index in [2.05, 4.69) is 27.0 Å². The van der Waals surface area contributed by atoms with Crippen LogP contribution in [0.4, 0.5) is 13.2 Å². The van der Waals surface area contributed by atoms with Crippen molar-refractivity contribution in [2.75, 3.05) is 19.6 Å². The number of benzene rings is 2. The van der Waals surface area contributed by atoms with E-state index in [0.29, 0.717) is 43.2 Å². The quantitative estimate of drug-likeness (QED) is 0.227. The number of aliphatic hydroxyl groups excluding tert-OH is 1. The number of halogens is 3. The molecule has 2 aromatic heterocycles. The van der Waals surface area contributed by atoms with Crippen LogP contribution in [-0.2, 0) is 0 Å². The van der Waals surface area contributed by atoms with E-state index >= 15 is 0 Å². The standard InChI is InChI=1S/C30H31F3N4O3S/c31-30(32,33)26(38)16-37-12-9-23(10-13-37)40-22-6-3-19(4-7-22)28-24-15-20(5-8-25(24)35-36-28)29(39)34-27(18-1-2-18)21-11-14-41-17-21/h3-8,11,14-15,17-18,23,26-27,38H,1-2,9-10,12-13,16H2,(H,34,39)(H,35,36)/t26-,27-/m1/s1. The number of amides is 1. The summed E-state index contributed by atoms with van der Waals surface area (Å²) >= 11 is 1.63. The van der Waals surface area contributed by atoms with E-state index in [9.17, 15) is 23.1 Å². The number of aromatic nitrogens is 2. The van der Waals surface area contributed by atoms with Crippen LogP contribution < -0.4 is 10.1 Å². The van der Waals surface area contributed by atoms with Crippen molar-refractivity contribution in [2.24, 2.45) is 5.92 Å². The topological polar surface area (TPSA) is 90.5 Å². The van der Waals surface area contributed by atoms with Gasteiger partial charge < -0.3 is 20.1 Å². The summed E-state index contributed by atoms with van der Waals surface area (Å²) in [7, 11) is 0. The molecule has 0 bridgehead atoms. The summed E-state index contributed by atoms with van der Waals surface area (Å²) in [6, 6.07) is 15.2. The number of alkyl halides is 3. The Morgan fingerprint density at radius 2 is 1.88 bits per heavy atom. The predicted molar refractivity (Wildman–Crippen MR) is 151 cm³/mol. The van der Waals surface area contributed by atoms with Crippen molar-refractivity contribution in [1.82, 2.24) is 20.4 Å². The highest BCUT2D eigenvalue weighted by atomic mass is 32.1. The fraction of sp³-hybridized carbons (Fsp3) is 0.400. The Morgan fingerprint density at radius 3 is 2.54 bits per heavy atom. The number of aliphatic hydroxyl groups is 1. The number of nitrogens with zero attached hydrogens (tertiary/aromatic N) is 2. The van der Waals surface area contributed by atoms with E-state index in [1.165, 1.54) is 0 Å². The summed E-state index contributed by atoms with van der Waals surface area (Å²) in [4.78, 5) is 14.8. The first-order valence-electron chi connectivity index (χ1n) is 13.8. The smallest absolute Gasteiger partial charge is 0.415 e. The lowest BCUT2D eigenvalue weighted by Gasteiger charge is -2.33. The van der Waals surface area contributed by atoms with Gasteiger partial charge in [-0.25, -0.2) is 0 Å². The van der Waals surface area contributed by atoms with Crippen molar-refractivity contribution in [1.29, 1.82) is 0 Å². The second-order valence-corrected chi connectivity index (χ2v) is 11.7. The van der Waals surface area contributed by atoms with Gasteiger partial charge in [-0.15, -0.1) is 0 Å².